The van der Waals surface area contributed by atoms with E-state index >= 15 is 0 Å². The van der Waals surface area contributed by atoms with E-state index in [-0.39, 0.29) is 12.3 Å². The fourth-order valence-electron chi connectivity index (χ4n) is 1.56. The monoisotopic (exact) mass is 250 g/mol. The van der Waals surface area contributed by atoms with Crippen LogP contribution in [0.15, 0.2) is 24.3 Å². The van der Waals surface area contributed by atoms with Gasteiger partial charge in [0.2, 0.25) is 5.91 Å². The summed E-state index contributed by atoms with van der Waals surface area (Å²) < 4.78 is 0. The minimum absolute atomic E-state index is 0.201. The molecule has 0 fully saturated rings. The number of nitrogen functional groups attached to an aromatic ring is 1. The molecule has 0 aromatic heterocycles. The van der Waals surface area contributed by atoms with Crippen molar-refractivity contribution in [3.05, 3.63) is 29.8 Å². The Bertz CT molecular complexity index is 446. The third-order valence-electron chi connectivity index (χ3n) is 3.00. The molecule has 0 bridgehead atoms. The standard InChI is InChI=1S/C13H18N2O3/c1-9(13(17)18)15(2)12(16)8-7-10-5-3-4-6-11(10)14/h3-6,9H,7-8,14H2,1-2H3,(H,17,18). The molecule has 5 heteroatoms. The van der Waals surface area contributed by atoms with Gasteiger partial charge in [0, 0.05) is 19.2 Å². The zero-order chi connectivity index (χ0) is 13.7. The Morgan fingerprint density at radius 1 is 1.39 bits per heavy atom. The summed E-state index contributed by atoms with van der Waals surface area (Å²) in [6.45, 7) is 1.48. The first-order valence-electron chi connectivity index (χ1n) is 5.75. The first-order chi connectivity index (χ1) is 8.43. The van der Waals surface area contributed by atoms with E-state index < -0.39 is 12.0 Å². The average Bonchev–Trinajstić information content (AvgIpc) is 2.35. The molecule has 0 radical (unpaired) electrons. The maximum Gasteiger partial charge on any atom is 0.326 e. The van der Waals surface area contributed by atoms with Crippen molar-refractivity contribution in [3.63, 3.8) is 0 Å². The van der Waals surface area contributed by atoms with E-state index in [1.165, 1.54) is 18.9 Å². The first-order valence-corrected chi connectivity index (χ1v) is 5.75. The molecule has 98 valence electrons. The summed E-state index contributed by atoms with van der Waals surface area (Å²) in [5, 5.41) is 8.82. The number of anilines is 1. The molecule has 0 aliphatic rings. The summed E-state index contributed by atoms with van der Waals surface area (Å²) in [6.07, 6.45) is 0.768. The van der Waals surface area contributed by atoms with Gasteiger partial charge in [0.05, 0.1) is 0 Å². The van der Waals surface area contributed by atoms with Crippen LogP contribution in [0.25, 0.3) is 0 Å². The number of nitrogens with zero attached hydrogens (tertiary/aromatic N) is 1. The van der Waals surface area contributed by atoms with Gasteiger partial charge in [-0.2, -0.15) is 0 Å². The lowest BCUT2D eigenvalue weighted by atomic mass is 10.1. The lowest BCUT2D eigenvalue weighted by molar-refractivity contribution is -0.148. The molecule has 0 saturated heterocycles. The van der Waals surface area contributed by atoms with Gasteiger partial charge in [0.1, 0.15) is 6.04 Å². The Hall–Kier alpha value is -2.04. The SMILES string of the molecule is CC(C(=O)O)N(C)C(=O)CCc1ccccc1N. The number of amides is 1. The van der Waals surface area contributed by atoms with E-state index in [0.29, 0.717) is 12.1 Å². The molecule has 1 unspecified atom stereocenters. The first kappa shape index (κ1) is 14.0. The molecule has 1 atom stereocenters. The van der Waals surface area contributed by atoms with Crippen molar-refractivity contribution in [1.29, 1.82) is 0 Å². The Morgan fingerprint density at radius 3 is 2.56 bits per heavy atom. The Labute approximate surface area is 106 Å². The van der Waals surface area contributed by atoms with E-state index in [0.717, 1.165) is 5.56 Å². The zero-order valence-electron chi connectivity index (χ0n) is 10.6. The number of carbonyl (C=O) groups is 2. The van der Waals surface area contributed by atoms with Crippen molar-refractivity contribution in [1.82, 2.24) is 4.90 Å². The highest BCUT2D eigenvalue weighted by atomic mass is 16.4. The molecule has 0 spiro atoms. The summed E-state index contributed by atoms with van der Waals surface area (Å²) in [5.41, 5.74) is 7.33. The average molecular weight is 250 g/mol. The summed E-state index contributed by atoms with van der Waals surface area (Å²) in [7, 11) is 1.50. The number of carboxylic acid groups (broad SMARTS) is 1. The molecule has 5 nitrogen and oxygen atoms in total. The molecular formula is C13H18N2O3. The Balaban J connectivity index is 2.56. The number of rotatable bonds is 5. The third-order valence-corrected chi connectivity index (χ3v) is 3.00. The molecule has 18 heavy (non-hydrogen) atoms. The second-order valence-corrected chi connectivity index (χ2v) is 4.22. The van der Waals surface area contributed by atoms with Crippen LogP contribution in [0, 0.1) is 0 Å². The number of nitrogens with two attached hydrogens (primary N) is 1. The maximum absolute atomic E-state index is 11.8. The molecule has 0 aliphatic carbocycles. The normalized spacial score (nSPS) is 11.9. The van der Waals surface area contributed by atoms with Gasteiger partial charge >= 0.3 is 5.97 Å². The van der Waals surface area contributed by atoms with E-state index in [2.05, 4.69) is 0 Å². The number of carbonyl (C=O) groups excluding carboxylic acids is 1. The van der Waals surface area contributed by atoms with Crippen molar-refractivity contribution in [2.45, 2.75) is 25.8 Å². The predicted molar refractivity (Wildman–Crippen MR) is 69.0 cm³/mol. The van der Waals surface area contributed by atoms with E-state index in [1.54, 1.807) is 6.07 Å². The second-order valence-electron chi connectivity index (χ2n) is 4.22. The highest BCUT2D eigenvalue weighted by Gasteiger charge is 2.21. The van der Waals surface area contributed by atoms with Gasteiger partial charge in [-0.05, 0) is 25.0 Å². The third kappa shape index (κ3) is 3.48. The molecule has 3 N–H and O–H groups in total. The number of hydrogen-bond donors (Lipinski definition) is 2. The molecule has 1 aromatic carbocycles. The minimum atomic E-state index is -1.01. The van der Waals surface area contributed by atoms with Gasteiger partial charge < -0.3 is 15.7 Å². The van der Waals surface area contributed by atoms with Crippen LogP contribution in [-0.2, 0) is 16.0 Å². The molecular weight excluding hydrogens is 232 g/mol. The largest absolute Gasteiger partial charge is 0.480 e. The van der Waals surface area contributed by atoms with E-state index in [9.17, 15) is 9.59 Å². The van der Waals surface area contributed by atoms with Crippen LogP contribution in [0.4, 0.5) is 5.69 Å². The lowest BCUT2D eigenvalue weighted by Crippen LogP contribution is -2.40. The smallest absolute Gasteiger partial charge is 0.326 e. The van der Waals surface area contributed by atoms with Gasteiger partial charge in [0.15, 0.2) is 0 Å². The topological polar surface area (TPSA) is 83.6 Å². The number of carboxylic acids is 1. The van der Waals surface area contributed by atoms with Crippen LogP contribution in [-0.4, -0.2) is 35.0 Å². The molecule has 0 aliphatic heterocycles. The van der Waals surface area contributed by atoms with Gasteiger partial charge in [-0.1, -0.05) is 18.2 Å². The number of para-hydroxylation sites is 1. The molecule has 1 rings (SSSR count). The van der Waals surface area contributed by atoms with Crippen LogP contribution in [0.3, 0.4) is 0 Å². The predicted octanol–water partition coefficient (Wildman–Crippen LogP) is 1.13. The van der Waals surface area contributed by atoms with Crippen LogP contribution in [0.5, 0.6) is 0 Å². The van der Waals surface area contributed by atoms with Crippen LogP contribution in [0.2, 0.25) is 0 Å². The van der Waals surface area contributed by atoms with Gasteiger partial charge in [-0.15, -0.1) is 0 Å². The summed E-state index contributed by atoms with van der Waals surface area (Å²) in [6, 6.07) is 6.52. The van der Waals surface area contributed by atoms with E-state index in [1.807, 2.05) is 18.2 Å². The fourth-order valence-corrected chi connectivity index (χ4v) is 1.56. The maximum atomic E-state index is 11.8. The van der Waals surface area contributed by atoms with Crippen molar-refractivity contribution in [2.75, 3.05) is 12.8 Å². The Morgan fingerprint density at radius 2 is 2.00 bits per heavy atom. The van der Waals surface area contributed by atoms with Crippen LogP contribution < -0.4 is 5.73 Å². The number of hydrogen-bond acceptors (Lipinski definition) is 3. The highest BCUT2D eigenvalue weighted by Crippen LogP contribution is 2.13. The van der Waals surface area contributed by atoms with Gasteiger partial charge in [-0.25, -0.2) is 4.79 Å². The minimum Gasteiger partial charge on any atom is -0.480 e. The number of likely N-dealkylation sites (N-methyl/N-ethyl adjacent to an activating group) is 1. The van der Waals surface area contributed by atoms with Crippen LogP contribution >= 0.6 is 0 Å². The second kappa shape index (κ2) is 6.05. The lowest BCUT2D eigenvalue weighted by Gasteiger charge is -2.21. The van der Waals surface area contributed by atoms with Crippen LogP contribution in [0.1, 0.15) is 18.9 Å². The van der Waals surface area contributed by atoms with Crippen molar-refractivity contribution in [3.8, 4) is 0 Å². The van der Waals surface area contributed by atoms with Crippen molar-refractivity contribution < 1.29 is 14.7 Å². The summed E-state index contributed by atoms with van der Waals surface area (Å²) >= 11 is 0. The van der Waals surface area contributed by atoms with Gasteiger partial charge in [0.25, 0.3) is 0 Å². The molecule has 1 amide bonds. The number of aliphatic carboxylic acids is 1. The molecule has 1 aromatic rings. The summed E-state index contributed by atoms with van der Waals surface area (Å²) in [4.78, 5) is 23.8. The zero-order valence-corrected chi connectivity index (χ0v) is 10.6. The van der Waals surface area contributed by atoms with E-state index in [4.69, 9.17) is 10.8 Å². The number of benzene rings is 1. The van der Waals surface area contributed by atoms with Gasteiger partial charge in [-0.3, -0.25) is 4.79 Å². The molecule has 0 saturated carbocycles. The van der Waals surface area contributed by atoms with Crippen molar-refractivity contribution in [2.24, 2.45) is 0 Å². The fraction of sp³-hybridized carbons (Fsp3) is 0.385. The number of aryl methyl sites for hydroxylation is 1. The quantitative estimate of drug-likeness (QED) is 0.767. The Kier molecular flexibility index (Phi) is 4.71. The molecule has 0 heterocycles. The highest BCUT2D eigenvalue weighted by molar-refractivity contribution is 5.83. The summed E-state index contributed by atoms with van der Waals surface area (Å²) in [5.74, 6) is -1.21. The van der Waals surface area contributed by atoms with Crippen molar-refractivity contribution >= 4 is 17.6 Å².